The fourth-order valence-corrected chi connectivity index (χ4v) is 1.04. The summed E-state index contributed by atoms with van der Waals surface area (Å²) in [5.74, 6) is -0.361. The second-order valence-electron chi connectivity index (χ2n) is 3.08. The van der Waals surface area contributed by atoms with Crippen molar-refractivity contribution in [2.75, 3.05) is 14.2 Å². The topological polar surface area (TPSA) is 61.5 Å². The summed E-state index contributed by atoms with van der Waals surface area (Å²) in [7, 11) is 3.22. The number of carbonyl (C=O) groups excluding carboxylic acids is 1. The molecule has 0 radical (unpaired) electrons. The number of amides is 1. The number of carbonyl (C=O) groups is 1. The lowest BCUT2D eigenvalue weighted by Gasteiger charge is -2.11. The van der Waals surface area contributed by atoms with Crippen LogP contribution in [0.5, 0.6) is 0 Å². The molecule has 0 rings (SSSR count). The highest BCUT2D eigenvalue weighted by atomic mass is 16.7. The van der Waals surface area contributed by atoms with Crippen LogP contribution in [0.3, 0.4) is 0 Å². The lowest BCUT2D eigenvalue weighted by atomic mass is 10.1. The molecule has 0 aliphatic heterocycles. The number of rotatable bonds is 7. The quantitative estimate of drug-likeness (QED) is 0.382. The molecular weight excluding hydrogens is 182 g/mol. The molecule has 0 aromatic carbocycles. The van der Waals surface area contributed by atoms with Crippen molar-refractivity contribution >= 4 is 5.91 Å². The van der Waals surface area contributed by atoms with Gasteiger partial charge in [-0.15, -0.1) is 0 Å². The number of hydrogen-bond donors (Lipinski definition) is 1. The first kappa shape index (κ1) is 13.1. The van der Waals surface area contributed by atoms with Crippen LogP contribution in [0.1, 0.15) is 26.2 Å². The predicted molar refractivity (Wildman–Crippen MR) is 54.6 cm³/mol. The van der Waals surface area contributed by atoms with E-state index in [2.05, 4.69) is 0 Å². The molecule has 0 atom stereocenters. The molecule has 1 amide bonds. The molecule has 0 aliphatic rings. The van der Waals surface area contributed by atoms with Gasteiger partial charge in [0.25, 0.3) is 0 Å². The van der Waals surface area contributed by atoms with Gasteiger partial charge in [0.1, 0.15) is 0 Å². The van der Waals surface area contributed by atoms with Gasteiger partial charge in [-0.1, -0.05) is 6.08 Å². The van der Waals surface area contributed by atoms with Crippen LogP contribution in [0.25, 0.3) is 0 Å². The molecule has 0 aliphatic carbocycles. The minimum Gasteiger partial charge on any atom is -0.366 e. The van der Waals surface area contributed by atoms with Gasteiger partial charge in [0.15, 0.2) is 6.29 Å². The molecule has 0 aromatic heterocycles. The molecule has 0 unspecified atom stereocenters. The average Bonchev–Trinajstić information content (AvgIpc) is 2.17. The summed E-state index contributed by atoms with van der Waals surface area (Å²) in [4.78, 5) is 10.6. The highest BCUT2D eigenvalue weighted by Crippen LogP contribution is 2.06. The number of primary amides is 1. The van der Waals surface area contributed by atoms with E-state index >= 15 is 0 Å². The zero-order valence-corrected chi connectivity index (χ0v) is 9.08. The van der Waals surface area contributed by atoms with Crippen LogP contribution in [0.2, 0.25) is 0 Å². The molecule has 0 heterocycles. The standard InChI is InChI=1S/C10H19NO3/c1-8(10(11)12)6-4-5-7-9(13-2)14-3/h6,9H,4-5,7H2,1-3H3,(H2,11,12). The van der Waals surface area contributed by atoms with Gasteiger partial charge in [-0.3, -0.25) is 4.79 Å². The van der Waals surface area contributed by atoms with E-state index in [1.165, 1.54) is 0 Å². The molecule has 0 spiro atoms. The van der Waals surface area contributed by atoms with Gasteiger partial charge in [0, 0.05) is 19.8 Å². The summed E-state index contributed by atoms with van der Waals surface area (Å²) in [6.07, 6.45) is 4.23. The first-order valence-electron chi connectivity index (χ1n) is 4.64. The summed E-state index contributed by atoms with van der Waals surface area (Å²) in [5.41, 5.74) is 5.68. The van der Waals surface area contributed by atoms with E-state index in [0.29, 0.717) is 5.57 Å². The lowest BCUT2D eigenvalue weighted by molar-refractivity contribution is -0.114. The molecule has 0 fully saturated rings. The first-order chi connectivity index (χ1) is 6.61. The van der Waals surface area contributed by atoms with Crippen molar-refractivity contribution in [3.8, 4) is 0 Å². The van der Waals surface area contributed by atoms with Gasteiger partial charge in [-0.05, 0) is 26.2 Å². The Morgan fingerprint density at radius 3 is 2.43 bits per heavy atom. The normalized spacial score (nSPS) is 12.1. The highest BCUT2D eigenvalue weighted by molar-refractivity contribution is 5.91. The van der Waals surface area contributed by atoms with Crippen LogP contribution in [0.15, 0.2) is 11.6 Å². The van der Waals surface area contributed by atoms with Gasteiger partial charge in [0.2, 0.25) is 5.91 Å². The summed E-state index contributed by atoms with van der Waals surface area (Å²) in [5, 5.41) is 0. The van der Waals surface area contributed by atoms with Crippen molar-refractivity contribution < 1.29 is 14.3 Å². The Morgan fingerprint density at radius 2 is 2.00 bits per heavy atom. The van der Waals surface area contributed by atoms with E-state index in [1.807, 2.05) is 6.08 Å². The molecule has 4 nitrogen and oxygen atoms in total. The van der Waals surface area contributed by atoms with E-state index in [-0.39, 0.29) is 12.2 Å². The van der Waals surface area contributed by atoms with Crippen LogP contribution in [-0.2, 0) is 14.3 Å². The van der Waals surface area contributed by atoms with E-state index in [4.69, 9.17) is 15.2 Å². The molecule has 0 aromatic rings. The molecular formula is C10H19NO3. The van der Waals surface area contributed by atoms with Gasteiger partial charge in [0.05, 0.1) is 0 Å². The van der Waals surface area contributed by atoms with E-state index in [1.54, 1.807) is 21.1 Å². The van der Waals surface area contributed by atoms with Gasteiger partial charge in [-0.2, -0.15) is 0 Å². The molecule has 0 saturated carbocycles. The Balaban J connectivity index is 3.64. The van der Waals surface area contributed by atoms with Gasteiger partial charge in [-0.25, -0.2) is 0 Å². The minimum absolute atomic E-state index is 0.155. The number of allylic oxidation sites excluding steroid dienone is 1. The maximum atomic E-state index is 10.6. The minimum atomic E-state index is -0.361. The van der Waals surface area contributed by atoms with Crippen molar-refractivity contribution in [3.05, 3.63) is 11.6 Å². The van der Waals surface area contributed by atoms with Crippen LogP contribution in [0.4, 0.5) is 0 Å². The lowest BCUT2D eigenvalue weighted by Crippen LogP contribution is -2.13. The Morgan fingerprint density at radius 1 is 1.43 bits per heavy atom. The summed E-state index contributed by atoms with van der Waals surface area (Å²) < 4.78 is 10.0. The van der Waals surface area contributed by atoms with Crippen molar-refractivity contribution in [2.24, 2.45) is 5.73 Å². The largest absolute Gasteiger partial charge is 0.366 e. The number of methoxy groups -OCH3 is 2. The van der Waals surface area contributed by atoms with Crippen LogP contribution < -0.4 is 5.73 Å². The third-order valence-corrected chi connectivity index (χ3v) is 2.01. The summed E-state index contributed by atoms with van der Waals surface area (Å²) >= 11 is 0. The van der Waals surface area contributed by atoms with Crippen LogP contribution in [-0.4, -0.2) is 26.4 Å². The molecule has 0 saturated heterocycles. The molecule has 4 heteroatoms. The van der Waals surface area contributed by atoms with Gasteiger partial charge < -0.3 is 15.2 Å². The van der Waals surface area contributed by atoms with Crippen molar-refractivity contribution in [1.82, 2.24) is 0 Å². The summed E-state index contributed by atoms with van der Waals surface area (Å²) in [6.45, 7) is 1.71. The molecule has 82 valence electrons. The number of ether oxygens (including phenoxy) is 2. The molecule has 0 bridgehead atoms. The third kappa shape index (κ3) is 5.72. The van der Waals surface area contributed by atoms with Crippen molar-refractivity contribution in [2.45, 2.75) is 32.5 Å². The highest BCUT2D eigenvalue weighted by Gasteiger charge is 2.03. The van der Waals surface area contributed by atoms with E-state index in [0.717, 1.165) is 19.3 Å². The second-order valence-corrected chi connectivity index (χ2v) is 3.08. The second kappa shape index (κ2) is 7.53. The van der Waals surface area contributed by atoms with Gasteiger partial charge >= 0.3 is 0 Å². The van der Waals surface area contributed by atoms with E-state index in [9.17, 15) is 4.79 Å². The zero-order valence-electron chi connectivity index (χ0n) is 9.08. The predicted octanol–water partition coefficient (Wildman–Crippen LogP) is 1.21. The fourth-order valence-electron chi connectivity index (χ4n) is 1.04. The van der Waals surface area contributed by atoms with Crippen LogP contribution in [0, 0.1) is 0 Å². The maximum absolute atomic E-state index is 10.6. The number of unbranched alkanes of at least 4 members (excludes halogenated alkanes) is 1. The van der Waals surface area contributed by atoms with Crippen molar-refractivity contribution in [3.63, 3.8) is 0 Å². The zero-order chi connectivity index (χ0) is 11.0. The monoisotopic (exact) mass is 201 g/mol. The smallest absolute Gasteiger partial charge is 0.244 e. The third-order valence-electron chi connectivity index (χ3n) is 2.01. The number of nitrogens with two attached hydrogens (primary N) is 1. The maximum Gasteiger partial charge on any atom is 0.244 e. The molecule has 14 heavy (non-hydrogen) atoms. The SMILES string of the molecule is COC(CCCC=C(C)C(N)=O)OC. The van der Waals surface area contributed by atoms with Crippen molar-refractivity contribution in [1.29, 1.82) is 0 Å². The van der Waals surface area contributed by atoms with E-state index < -0.39 is 0 Å². The summed E-state index contributed by atoms with van der Waals surface area (Å²) in [6, 6.07) is 0. The Kier molecular flexibility index (Phi) is 7.06. The Hall–Kier alpha value is -0.870. The average molecular weight is 201 g/mol. The van der Waals surface area contributed by atoms with Crippen LogP contribution >= 0.6 is 0 Å². The Labute approximate surface area is 85.1 Å². The molecule has 2 N–H and O–H groups in total. The fraction of sp³-hybridized carbons (Fsp3) is 0.700. The Bertz CT molecular complexity index is 198. The number of hydrogen-bond acceptors (Lipinski definition) is 3. The first-order valence-corrected chi connectivity index (χ1v) is 4.64.